The van der Waals surface area contributed by atoms with Gasteiger partial charge in [0.1, 0.15) is 0 Å². The molecular formula is C15H27NO5. The first-order valence-corrected chi connectivity index (χ1v) is 7.67. The van der Waals surface area contributed by atoms with Gasteiger partial charge in [0.25, 0.3) is 0 Å². The molecule has 0 aromatic carbocycles. The number of amides is 1. The van der Waals surface area contributed by atoms with Gasteiger partial charge in [0.2, 0.25) is 5.91 Å². The number of hydrogen-bond donors (Lipinski definition) is 2. The third-order valence-electron chi connectivity index (χ3n) is 4.09. The van der Waals surface area contributed by atoms with Gasteiger partial charge in [0.05, 0.1) is 25.0 Å². The van der Waals surface area contributed by atoms with Gasteiger partial charge in [-0.15, -0.1) is 0 Å². The van der Waals surface area contributed by atoms with Crippen molar-refractivity contribution in [2.45, 2.75) is 32.6 Å². The van der Waals surface area contributed by atoms with E-state index < -0.39 is 11.9 Å². The highest BCUT2D eigenvalue weighted by Gasteiger charge is 2.41. The summed E-state index contributed by atoms with van der Waals surface area (Å²) in [5, 5.41) is 12.1. The highest BCUT2D eigenvalue weighted by atomic mass is 16.5. The molecule has 1 saturated carbocycles. The van der Waals surface area contributed by atoms with Crippen LogP contribution in [0.1, 0.15) is 32.6 Å². The maximum absolute atomic E-state index is 12.1. The second-order valence-corrected chi connectivity index (χ2v) is 5.55. The van der Waals surface area contributed by atoms with Crippen molar-refractivity contribution >= 4 is 11.9 Å². The summed E-state index contributed by atoms with van der Waals surface area (Å²) in [5.74, 6) is -1.56. The van der Waals surface area contributed by atoms with E-state index in [4.69, 9.17) is 9.47 Å². The predicted molar refractivity (Wildman–Crippen MR) is 78.0 cm³/mol. The molecule has 122 valence electrons. The number of hydrogen-bond acceptors (Lipinski definition) is 4. The Morgan fingerprint density at radius 1 is 1.19 bits per heavy atom. The molecule has 0 radical (unpaired) electrons. The minimum atomic E-state index is -0.853. The van der Waals surface area contributed by atoms with Gasteiger partial charge >= 0.3 is 5.97 Å². The van der Waals surface area contributed by atoms with Gasteiger partial charge < -0.3 is 19.9 Å². The lowest BCUT2D eigenvalue weighted by atomic mass is 9.95. The zero-order chi connectivity index (χ0) is 15.7. The summed E-state index contributed by atoms with van der Waals surface area (Å²) in [5.41, 5.74) is 0. The van der Waals surface area contributed by atoms with Crippen molar-refractivity contribution in [2.24, 2.45) is 17.8 Å². The lowest BCUT2D eigenvalue weighted by molar-refractivity contribution is -0.146. The van der Waals surface area contributed by atoms with Crippen LogP contribution in [0.15, 0.2) is 0 Å². The van der Waals surface area contributed by atoms with E-state index in [0.717, 1.165) is 12.8 Å². The molecule has 0 aromatic rings. The molecule has 3 atom stereocenters. The van der Waals surface area contributed by atoms with Crippen LogP contribution in [0.3, 0.4) is 0 Å². The Bertz CT molecular complexity index is 334. The number of methoxy groups -OCH3 is 1. The third kappa shape index (κ3) is 6.01. The van der Waals surface area contributed by atoms with E-state index in [0.29, 0.717) is 45.1 Å². The van der Waals surface area contributed by atoms with E-state index in [1.165, 1.54) is 0 Å². The Kier molecular flexibility index (Phi) is 8.30. The van der Waals surface area contributed by atoms with Crippen molar-refractivity contribution < 1.29 is 24.2 Å². The van der Waals surface area contributed by atoms with Crippen molar-refractivity contribution in [3.05, 3.63) is 0 Å². The maximum atomic E-state index is 12.1. The van der Waals surface area contributed by atoms with Crippen LogP contribution in [-0.2, 0) is 19.1 Å². The van der Waals surface area contributed by atoms with Crippen LogP contribution in [0.2, 0.25) is 0 Å². The van der Waals surface area contributed by atoms with Crippen molar-refractivity contribution in [2.75, 3.05) is 33.5 Å². The van der Waals surface area contributed by atoms with Crippen LogP contribution < -0.4 is 5.32 Å². The monoisotopic (exact) mass is 301 g/mol. The summed E-state index contributed by atoms with van der Waals surface area (Å²) >= 11 is 0. The molecule has 1 amide bonds. The average molecular weight is 301 g/mol. The Balaban J connectivity index is 2.25. The number of carbonyl (C=O) groups is 2. The number of carboxylic acids is 1. The first-order chi connectivity index (χ1) is 10.1. The van der Waals surface area contributed by atoms with Crippen molar-refractivity contribution in [3.8, 4) is 0 Å². The lowest BCUT2D eigenvalue weighted by Crippen LogP contribution is -2.36. The van der Waals surface area contributed by atoms with Crippen LogP contribution in [-0.4, -0.2) is 50.5 Å². The number of aliphatic carboxylic acids is 1. The highest BCUT2D eigenvalue weighted by Crippen LogP contribution is 2.38. The SMILES string of the molecule is CCC1CC(C(=O)O)C(C(=O)NCCCOCCOC)C1. The molecule has 0 aromatic heterocycles. The summed E-state index contributed by atoms with van der Waals surface area (Å²) in [4.78, 5) is 23.4. The lowest BCUT2D eigenvalue weighted by Gasteiger charge is -2.15. The molecule has 1 rings (SSSR count). The van der Waals surface area contributed by atoms with Crippen LogP contribution in [0, 0.1) is 17.8 Å². The molecule has 3 unspecified atom stereocenters. The number of carbonyl (C=O) groups excluding carboxylic acids is 1. The number of ether oxygens (including phenoxy) is 2. The third-order valence-corrected chi connectivity index (χ3v) is 4.09. The Labute approximate surface area is 126 Å². The molecule has 2 N–H and O–H groups in total. The molecular weight excluding hydrogens is 274 g/mol. The highest BCUT2D eigenvalue weighted by molar-refractivity contribution is 5.85. The van der Waals surface area contributed by atoms with Gasteiger partial charge in [-0.25, -0.2) is 0 Å². The minimum absolute atomic E-state index is 0.129. The molecule has 0 spiro atoms. The second kappa shape index (κ2) is 9.73. The average Bonchev–Trinajstić information content (AvgIpc) is 2.90. The van der Waals surface area contributed by atoms with Crippen LogP contribution in [0.25, 0.3) is 0 Å². The molecule has 21 heavy (non-hydrogen) atoms. The van der Waals surface area contributed by atoms with Crippen LogP contribution in [0.5, 0.6) is 0 Å². The molecule has 1 fully saturated rings. The Morgan fingerprint density at radius 3 is 2.52 bits per heavy atom. The summed E-state index contributed by atoms with van der Waals surface area (Å²) in [6.45, 7) is 4.24. The van der Waals surface area contributed by atoms with Gasteiger partial charge in [0, 0.05) is 20.3 Å². The Morgan fingerprint density at radius 2 is 1.90 bits per heavy atom. The first kappa shape index (κ1) is 17.9. The Hall–Kier alpha value is -1.14. The predicted octanol–water partition coefficient (Wildman–Crippen LogP) is 1.29. The smallest absolute Gasteiger partial charge is 0.307 e. The summed E-state index contributed by atoms with van der Waals surface area (Å²) in [6.07, 6.45) is 2.95. The molecule has 6 heteroatoms. The molecule has 0 saturated heterocycles. The normalized spacial score (nSPS) is 25.0. The molecule has 0 aliphatic heterocycles. The molecule has 1 aliphatic carbocycles. The number of rotatable bonds is 10. The van der Waals surface area contributed by atoms with Crippen molar-refractivity contribution in [3.63, 3.8) is 0 Å². The summed E-state index contributed by atoms with van der Waals surface area (Å²) in [6, 6.07) is 0. The van der Waals surface area contributed by atoms with E-state index >= 15 is 0 Å². The van der Waals surface area contributed by atoms with E-state index in [-0.39, 0.29) is 11.8 Å². The quantitative estimate of drug-likeness (QED) is 0.594. The van der Waals surface area contributed by atoms with E-state index in [1.807, 2.05) is 6.92 Å². The minimum Gasteiger partial charge on any atom is -0.481 e. The van der Waals surface area contributed by atoms with Crippen molar-refractivity contribution in [1.82, 2.24) is 5.32 Å². The summed E-state index contributed by atoms with van der Waals surface area (Å²) < 4.78 is 10.2. The number of carboxylic acid groups (broad SMARTS) is 1. The molecule has 0 bridgehead atoms. The van der Waals surface area contributed by atoms with Gasteiger partial charge in [-0.1, -0.05) is 13.3 Å². The maximum Gasteiger partial charge on any atom is 0.307 e. The van der Waals surface area contributed by atoms with Gasteiger partial charge in [-0.05, 0) is 25.2 Å². The van der Waals surface area contributed by atoms with E-state index in [1.54, 1.807) is 7.11 Å². The fourth-order valence-electron chi connectivity index (χ4n) is 2.80. The first-order valence-electron chi connectivity index (χ1n) is 7.67. The number of nitrogens with one attached hydrogen (secondary N) is 1. The van der Waals surface area contributed by atoms with E-state index in [9.17, 15) is 14.7 Å². The summed E-state index contributed by atoms with van der Waals surface area (Å²) in [7, 11) is 1.62. The van der Waals surface area contributed by atoms with Crippen molar-refractivity contribution in [1.29, 1.82) is 0 Å². The zero-order valence-electron chi connectivity index (χ0n) is 13.0. The van der Waals surface area contributed by atoms with Crippen LogP contribution in [0.4, 0.5) is 0 Å². The van der Waals surface area contributed by atoms with Gasteiger partial charge in [0.15, 0.2) is 0 Å². The van der Waals surface area contributed by atoms with Crippen LogP contribution >= 0.6 is 0 Å². The van der Waals surface area contributed by atoms with Gasteiger partial charge in [-0.3, -0.25) is 9.59 Å². The molecule has 1 aliphatic rings. The fourth-order valence-corrected chi connectivity index (χ4v) is 2.80. The van der Waals surface area contributed by atoms with E-state index in [2.05, 4.69) is 5.32 Å². The van der Waals surface area contributed by atoms with Gasteiger partial charge in [-0.2, -0.15) is 0 Å². The topological polar surface area (TPSA) is 84.9 Å². The fraction of sp³-hybridized carbons (Fsp3) is 0.867. The largest absolute Gasteiger partial charge is 0.481 e. The molecule has 6 nitrogen and oxygen atoms in total. The zero-order valence-corrected chi connectivity index (χ0v) is 13.0. The molecule has 0 heterocycles. The standard InChI is InChI=1S/C15H27NO5/c1-3-11-9-12(13(10-11)15(18)19)14(17)16-5-4-6-21-8-7-20-2/h11-13H,3-10H2,1-2H3,(H,16,17)(H,18,19). The second-order valence-electron chi connectivity index (χ2n) is 5.55.